The predicted octanol–water partition coefficient (Wildman–Crippen LogP) is 4.73. The summed E-state index contributed by atoms with van der Waals surface area (Å²) >= 11 is 0. The minimum absolute atomic E-state index is 0.181. The van der Waals surface area contributed by atoms with Crippen LogP contribution in [-0.4, -0.2) is 49.6 Å². The number of imidazole rings is 1. The monoisotopic (exact) mass is 514 g/mol. The highest BCUT2D eigenvalue weighted by molar-refractivity contribution is 6.06. The Morgan fingerprint density at radius 1 is 1.11 bits per heavy atom. The number of hydrogen-bond donors (Lipinski definition) is 3. The molecule has 0 bridgehead atoms. The second-order valence-corrected chi connectivity index (χ2v) is 9.49. The van der Waals surface area contributed by atoms with Crippen LogP contribution < -0.4 is 11.1 Å². The predicted molar refractivity (Wildman–Crippen MR) is 150 cm³/mol. The average Bonchev–Trinajstić information content (AvgIpc) is 3.26. The van der Waals surface area contributed by atoms with Crippen LogP contribution in [0.1, 0.15) is 43.6 Å². The van der Waals surface area contributed by atoms with Crippen molar-refractivity contribution < 1.29 is 14.7 Å². The molecule has 0 aliphatic heterocycles. The number of amides is 2. The van der Waals surface area contributed by atoms with Crippen LogP contribution in [0.15, 0.2) is 60.7 Å². The van der Waals surface area contributed by atoms with Gasteiger partial charge in [0.05, 0.1) is 11.0 Å². The number of benzene rings is 2. The average molecular weight is 515 g/mol. The van der Waals surface area contributed by atoms with Gasteiger partial charge in [-0.15, -0.1) is 0 Å². The summed E-state index contributed by atoms with van der Waals surface area (Å²) < 4.78 is 2.23. The lowest BCUT2D eigenvalue weighted by molar-refractivity contribution is -0.117. The molecule has 0 radical (unpaired) electrons. The number of rotatable bonds is 11. The summed E-state index contributed by atoms with van der Waals surface area (Å²) in [7, 11) is 0. The van der Waals surface area contributed by atoms with E-state index in [1.54, 1.807) is 6.92 Å². The molecule has 198 valence electrons. The van der Waals surface area contributed by atoms with Crippen molar-refractivity contribution in [1.29, 1.82) is 0 Å². The van der Waals surface area contributed by atoms with E-state index in [0.29, 0.717) is 17.9 Å². The van der Waals surface area contributed by atoms with Gasteiger partial charge in [0, 0.05) is 43.6 Å². The number of hydrogen-bond acceptors (Lipinski definition) is 5. The molecule has 2 amide bonds. The Morgan fingerprint density at radius 2 is 1.82 bits per heavy atom. The Morgan fingerprint density at radius 3 is 2.50 bits per heavy atom. The van der Waals surface area contributed by atoms with Crippen molar-refractivity contribution in [3.63, 3.8) is 0 Å². The molecule has 2 aromatic carbocycles. The second kappa shape index (κ2) is 11.8. The van der Waals surface area contributed by atoms with Gasteiger partial charge in [-0.3, -0.25) is 4.79 Å². The highest BCUT2D eigenvalue weighted by Gasteiger charge is 2.18. The zero-order chi connectivity index (χ0) is 27.2. The molecule has 0 aliphatic carbocycles. The first kappa shape index (κ1) is 26.7. The maximum atomic E-state index is 11.7. The fourth-order valence-electron chi connectivity index (χ4n) is 4.45. The number of unbranched alkanes of at least 4 members (excludes halogenated alkanes) is 1. The van der Waals surface area contributed by atoms with Gasteiger partial charge in [0.15, 0.2) is 5.82 Å². The van der Waals surface area contributed by atoms with Crippen molar-refractivity contribution >= 4 is 39.8 Å². The lowest BCUT2D eigenvalue weighted by atomic mass is 10.1. The maximum absolute atomic E-state index is 11.7. The number of pyridine rings is 1. The first-order valence-corrected chi connectivity index (χ1v) is 12.8. The molecule has 0 saturated heterocycles. The number of nitrogens with one attached hydrogen (secondary N) is 1. The Labute approximate surface area is 222 Å². The number of aryl methyl sites for hydroxylation is 1. The van der Waals surface area contributed by atoms with E-state index in [4.69, 9.17) is 10.7 Å². The van der Waals surface area contributed by atoms with Crippen LogP contribution in [0.4, 0.5) is 10.6 Å². The highest BCUT2D eigenvalue weighted by atomic mass is 16.4. The molecule has 0 fully saturated rings. The third-order valence-corrected chi connectivity index (χ3v) is 6.51. The molecule has 0 atom stereocenters. The van der Waals surface area contributed by atoms with E-state index in [1.165, 1.54) is 4.90 Å². The van der Waals surface area contributed by atoms with E-state index in [9.17, 15) is 14.7 Å². The van der Waals surface area contributed by atoms with Crippen LogP contribution >= 0.6 is 0 Å². The van der Waals surface area contributed by atoms with Gasteiger partial charge in [-0.1, -0.05) is 62.4 Å². The number of nitrogens with two attached hydrogens (primary N) is 1. The third-order valence-electron chi connectivity index (χ3n) is 6.51. The zero-order valence-corrected chi connectivity index (χ0v) is 21.9. The molecular weight excluding hydrogens is 480 g/mol. The molecule has 4 rings (SSSR count). The van der Waals surface area contributed by atoms with Gasteiger partial charge in [0.2, 0.25) is 5.91 Å². The van der Waals surface area contributed by atoms with Gasteiger partial charge in [-0.25, -0.2) is 14.8 Å². The van der Waals surface area contributed by atoms with Crippen molar-refractivity contribution in [3.05, 3.63) is 77.6 Å². The first-order valence-electron chi connectivity index (χ1n) is 12.8. The summed E-state index contributed by atoms with van der Waals surface area (Å²) in [6.45, 7) is 8.59. The Kier molecular flexibility index (Phi) is 8.25. The van der Waals surface area contributed by atoms with Crippen molar-refractivity contribution in [2.24, 2.45) is 0 Å². The maximum Gasteiger partial charge on any atom is 0.407 e. The van der Waals surface area contributed by atoms with Gasteiger partial charge in [-0.05, 0) is 30.5 Å². The first-order chi connectivity index (χ1) is 18.3. The SMILES string of the molecule is C=C(C)C(=O)NCCN(Cc1ccc(Cn2c(CCCC)nc3c(N)nc4ccccc4c32)cc1)C(=O)O. The second-order valence-electron chi connectivity index (χ2n) is 9.49. The number of fused-ring (bicyclic) bond motifs is 3. The van der Waals surface area contributed by atoms with Gasteiger partial charge in [0.1, 0.15) is 11.3 Å². The van der Waals surface area contributed by atoms with E-state index in [2.05, 4.69) is 28.4 Å². The van der Waals surface area contributed by atoms with Gasteiger partial charge in [-0.2, -0.15) is 0 Å². The standard InChI is InChI=1S/C29H34N6O3/c1-4-5-10-24-33-25-26(22-8-6-7-9-23(22)32-27(25)30)35(24)18-21-13-11-20(12-14-21)17-34(29(37)38)16-15-31-28(36)19(2)3/h6-9,11-14H,2,4-5,10,15-18H2,1,3H3,(H2,30,32)(H,31,36)(H,37,38). The number of nitrogens with zero attached hydrogens (tertiary/aromatic N) is 4. The summed E-state index contributed by atoms with van der Waals surface area (Å²) in [6.07, 6.45) is 1.88. The zero-order valence-electron chi connectivity index (χ0n) is 21.9. The third kappa shape index (κ3) is 5.94. The summed E-state index contributed by atoms with van der Waals surface area (Å²) in [4.78, 5) is 34.2. The molecule has 4 N–H and O–H groups in total. The van der Waals surface area contributed by atoms with Crippen molar-refractivity contribution in [1.82, 2.24) is 24.8 Å². The van der Waals surface area contributed by atoms with Crippen molar-refractivity contribution in [2.45, 2.75) is 46.2 Å². The summed E-state index contributed by atoms with van der Waals surface area (Å²) in [5.74, 6) is 1.12. The van der Waals surface area contributed by atoms with Gasteiger partial charge >= 0.3 is 6.09 Å². The fraction of sp³-hybridized carbons (Fsp3) is 0.310. The van der Waals surface area contributed by atoms with Crippen LogP contribution in [-0.2, 0) is 24.3 Å². The molecule has 38 heavy (non-hydrogen) atoms. The van der Waals surface area contributed by atoms with Crippen LogP contribution in [0.2, 0.25) is 0 Å². The number of carbonyl (C=O) groups excluding carboxylic acids is 1. The normalized spacial score (nSPS) is 11.1. The Balaban J connectivity index is 1.57. The molecule has 0 saturated carbocycles. The summed E-state index contributed by atoms with van der Waals surface area (Å²) in [5.41, 5.74) is 11.2. The largest absolute Gasteiger partial charge is 0.465 e. The number of anilines is 1. The minimum atomic E-state index is -1.04. The minimum Gasteiger partial charge on any atom is -0.465 e. The van der Waals surface area contributed by atoms with E-state index in [-0.39, 0.29) is 25.5 Å². The fourth-order valence-corrected chi connectivity index (χ4v) is 4.45. The van der Waals surface area contributed by atoms with Gasteiger partial charge in [0.25, 0.3) is 0 Å². The lowest BCUT2D eigenvalue weighted by Crippen LogP contribution is -2.37. The number of aromatic nitrogens is 3. The molecule has 4 aromatic rings. The van der Waals surface area contributed by atoms with Crippen LogP contribution in [0, 0.1) is 0 Å². The van der Waals surface area contributed by atoms with Crippen LogP contribution in [0.5, 0.6) is 0 Å². The number of nitrogen functional groups attached to an aromatic ring is 1. The highest BCUT2D eigenvalue weighted by Crippen LogP contribution is 2.30. The van der Waals surface area contributed by atoms with Crippen molar-refractivity contribution in [2.75, 3.05) is 18.8 Å². The summed E-state index contributed by atoms with van der Waals surface area (Å²) in [6, 6.07) is 15.9. The van der Waals surface area contributed by atoms with Crippen molar-refractivity contribution in [3.8, 4) is 0 Å². The number of carboxylic acid groups (broad SMARTS) is 1. The smallest absolute Gasteiger partial charge is 0.407 e. The Hall–Kier alpha value is -4.40. The van der Waals surface area contributed by atoms with E-state index in [1.807, 2.05) is 48.5 Å². The topological polar surface area (TPSA) is 126 Å². The van der Waals surface area contributed by atoms with E-state index in [0.717, 1.165) is 58.2 Å². The Bertz CT molecular complexity index is 1480. The van der Waals surface area contributed by atoms with Crippen LogP contribution in [0.3, 0.4) is 0 Å². The lowest BCUT2D eigenvalue weighted by Gasteiger charge is -2.20. The molecule has 0 unspecified atom stereocenters. The molecule has 2 heterocycles. The van der Waals surface area contributed by atoms with E-state index >= 15 is 0 Å². The molecule has 9 nitrogen and oxygen atoms in total. The molecule has 0 spiro atoms. The molecule has 2 aromatic heterocycles. The van der Waals surface area contributed by atoms with Gasteiger partial charge < -0.3 is 25.6 Å². The van der Waals surface area contributed by atoms with E-state index < -0.39 is 6.09 Å². The number of para-hydroxylation sites is 1. The number of carbonyl (C=O) groups is 2. The summed E-state index contributed by atoms with van der Waals surface area (Å²) in [5, 5.41) is 13.3. The quantitative estimate of drug-likeness (QED) is 0.248. The van der Waals surface area contributed by atoms with Crippen LogP contribution in [0.25, 0.3) is 21.9 Å². The molecule has 0 aliphatic rings. The molecule has 9 heteroatoms. The molecular formula is C29H34N6O3.